The molecule has 0 aliphatic carbocycles. The first kappa shape index (κ1) is 14.9. The van der Waals surface area contributed by atoms with Gasteiger partial charge in [-0.05, 0) is 33.6 Å². The van der Waals surface area contributed by atoms with Crippen molar-refractivity contribution in [2.24, 2.45) is 0 Å². The minimum atomic E-state index is -2.92. The number of ether oxygens (including phenoxy) is 1. The molecule has 0 spiro atoms. The monoisotopic (exact) mass is 347 g/mol. The van der Waals surface area contributed by atoms with E-state index < -0.39 is 12.5 Å². The topological polar surface area (TPSA) is 60.2 Å². The molecule has 0 saturated carbocycles. The number of aromatic nitrogens is 3. The Hall–Kier alpha value is -1.54. The molecule has 1 atom stereocenters. The van der Waals surface area contributed by atoms with Gasteiger partial charge >= 0.3 is 0 Å². The van der Waals surface area contributed by atoms with Crippen LogP contribution in [0.3, 0.4) is 0 Å². The lowest BCUT2D eigenvalue weighted by Gasteiger charge is -2.11. The summed E-state index contributed by atoms with van der Waals surface area (Å²) in [6.45, 7) is 0.224. The average molecular weight is 348 g/mol. The Morgan fingerprint density at radius 3 is 2.55 bits per heavy atom. The molecule has 1 aromatic carbocycles. The third kappa shape index (κ3) is 3.31. The second-order valence-electron chi connectivity index (χ2n) is 4.02. The molecule has 0 fully saturated rings. The maximum atomic E-state index is 12.6. The van der Waals surface area contributed by atoms with Gasteiger partial charge in [0.25, 0.3) is 6.43 Å². The molecule has 0 aliphatic heterocycles. The van der Waals surface area contributed by atoms with E-state index in [1.54, 1.807) is 31.4 Å². The zero-order valence-corrected chi connectivity index (χ0v) is 12.1. The molecule has 2 rings (SSSR count). The molecule has 0 radical (unpaired) electrons. The van der Waals surface area contributed by atoms with Crippen molar-refractivity contribution in [3.05, 3.63) is 40.4 Å². The highest BCUT2D eigenvalue weighted by Gasteiger charge is 2.25. The van der Waals surface area contributed by atoms with Crippen LogP contribution in [0.1, 0.15) is 17.5 Å². The third-order valence-electron chi connectivity index (χ3n) is 2.67. The molecule has 1 unspecified atom stereocenters. The standard InChI is InChI=1S/C12H12BrF2N3O2/c1-20-8-4-2-7(3-5-8)6-18-11(9(19)10(14)15)16-12(13)17-18/h2-5,9-10,19H,6H2,1H3. The summed E-state index contributed by atoms with van der Waals surface area (Å²) in [7, 11) is 1.56. The number of methoxy groups -OCH3 is 1. The summed E-state index contributed by atoms with van der Waals surface area (Å²) in [5, 5.41) is 13.4. The van der Waals surface area contributed by atoms with Gasteiger partial charge in [0, 0.05) is 0 Å². The van der Waals surface area contributed by atoms with Gasteiger partial charge in [-0.3, -0.25) is 0 Å². The van der Waals surface area contributed by atoms with Gasteiger partial charge in [0.05, 0.1) is 13.7 Å². The van der Waals surface area contributed by atoms with E-state index in [2.05, 4.69) is 26.0 Å². The molecule has 1 aromatic heterocycles. The lowest BCUT2D eigenvalue weighted by Crippen LogP contribution is -2.16. The Morgan fingerprint density at radius 1 is 1.35 bits per heavy atom. The third-order valence-corrected chi connectivity index (χ3v) is 3.01. The summed E-state index contributed by atoms with van der Waals surface area (Å²) in [6, 6.07) is 7.08. The van der Waals surface area contributed by atoms with E-state index in [0.717, 1.165) is 5.56 Å². The van der Waals surface area contributed by atoms with Crippen molar-refractivity contribution >= 4 is 15.9 Å². The molecule has 0 saturated heterocycles. The number of nitrogens with zero attached hydrogens (tertiary/aromatic N) is 3. The quantitative estimate of drug-likeness (QED) is 0.902. The predicted octanol–water partition coefficient (Wildman–Crippen LogP) is 2.40. The molecule has 0 aliphatic rings. The van der Waals surface area contributed by atoms with Crippen LogP contribution in [0.5, 0.6) is 5.75 Å². The van der Waals surface area contributed by atoms with E-state index in [0.29, 0.717) is 5.75 Å². The highest BCUT2D eigenvalue weighted by molar-refractivity contribution is 9.10. The van der Waals surface area contributed by atoms with E-state index in [4.69, 9.17) is 4.74 Å². The Balaban J connectivity index is 2.24. The average Bonchev–Trinajstić information content (AvgIpc) is 2.79. The first-order valence-electron chi connectivity index (χ1n) is 5.70. The van der Waals surface area contributed by atoms with Crippen molar-refractivity contribution in [1.82, 2.24) is 14.8 Å². The molecule has 0 bridgehead atoms. The van der Waals surface area contributed by atoms with E-state index in [1.165, 1.54) is 4.68 Å². The van der Waals surface area contributed by atoms with Crippen molar-refractivity contribution in [3.8, 4) is 5.75 Å². The maximum Gasteiger partial charge on any atom is 0.271 e. The van der Waals surface area contributed by atoms with Crippen molar-refractivity contribution in [3.63, 3.8) is 0 Å². The van der Waals surface area contributed by atoms with Gasteiger partial charge in [-0.15, -0.1) is 5.10 Å². The number of rotatable bonds is 5. The molecule has 0 amide bonds. The first-order valence-corrected chi connectivity index (χ1v) is 6.50. The van der Waals surface area contributed by atoms with E-state index in [-0.39, 0.29) is 17.1 Å². The van der Waals surface area contributed by atoms with Gasteiger partial charge in [0.15, 0.2) is 11.9 Å². The van der Waals surface area contributed by atoms with Crippen LogP contribution >= 0.6 is 15.9 Å². The molecule has 2 aromatic rings. The first-order chi connectivity index (χ1) is 9.51. The smallest absolute Gasteiger partial charge is 0.271 e. The summed E-state index contributed by atoms with van der Waals surface area (Å²) in [5.41, 5.74) is 0.825. The Bertz CT molecular complexity index is 575. The van der Waals surface area contributed by atoms with Crippen LogP contribution in [0.15, 0.2) is 29.0 Å². The van der Waals surface area contributed by atoms with Gasteiger partial charge in [0.2, 0.25) is 4.73 Å². The lowest BCUT2D eigenvalue weighted by molar-refractivity contribution is -0.0131. The Labute approximate surface area is 122 Å². The number of hydrogen-bond donors (Lipinski definition) is 1. The number of alkyl halides is 2. The van der Waals surface area contributed by atoms with Crippen LogP contribution in [0.4, 0.5) is 8.78 Å². The van der Waals surface area contributed by atoms with Gasteiger partial charge in [-0.2, -0.15) is 0 Å². The minimum absolute atomic E-state index is 0.153. The molecule has 20 heavy (non-hydrogen) atoms. The van der Waals surface area contributed by atoms with Gasteiger partial charge in [0.1, 0.15) is 5.75 Å². The van der Waals surface area contributed by atoms with E-state index in [9.17, 15) is 13.9 Å². The number of benzene rings is 1. The van der Waals surface area contributed by atoms with Crippen LogP contribution in [-0.2, 0) is 6.54 Å². The number of aliphatic hydroxyl groups excluding tert-OH is 1. The Kier molecular flexibility index (Phi) is 4.66. The van der Waals surface area contributed by atoms with Crippen molar-refractivity contribution < 1.29 is 18.6 Å². The fourth-order valence-electron chi connectivity index (χ4n) is 1.68. The summed E-state index contributed by atoms with van der Waals surface area (Å²) in [4.78, 5) is 3.78. The number of hydrogen-bond acceptors (Lipinski definition) is 4. The van der Waals surface area contributed by atoms with Gasteiger partial charge in [-0.1, -0.05) is 12.1 Å². The molecule has 1 heterocycles. The summed E-state index contributed by atoms with van der Waals surface area (Å²) >= 11 is 3.02. The normalized spacial score (nSPS) is 12.7. The summed E-state index contributed by atoms with van der Waals surface area (Å²) < 4.78 is 31.6. The zero-order valence-electron chi connectivity index (χ0n) is 10.5. The van der Waals surface area contributed by atoms with E-state index in [1.807, 2.05) is 0 Å². The number of halogens is 3. The second kappa shape index (κ2) is 6.27. The lowest BCUT2D eigenvalue weighted by atomic mass is 10.2. The fraction of sp³-hybridized carbons (Fsp3) is 0.333. The van der Waals surface area contributed by atoms with Gasteiger partial charge < -0.3 is 9.84 Å². The van der Waals surface area contributed by atoms with Crippen LogP contribution in [0, 0.1) is 0 Å². The largest absolute Gasteiger partial charge is 0.497 e. The van der Waals surface area contributed by atoms with Gasteiger partial charge in [-0.25, -0.2) is 18.4 Å². The van der Waals surface area contributed by atoms with Crippen molar-refractivity contribution in [2.75, 3.05) is 7.11 Å². The van der Waals surface area contributed by atoms with Crippen LogP contribution in [0.2, 0.25) is 0 Å². The SMILES string of the molecule is COc1ccc(Cn2nc(Br)nc2C(O)C(F)F)cc1. The Morgan fingerprint density at radius 2 is 2.00 bits per heavy atom. The van der Waals surface area contributed by atoms with E-state index >= 15 is 0 Å². The number of aliphatic hydroxyl groups is 1. The van der Waals surface area contributed by atoms with Crippen LogP contribution < -0.4 is 4.74 Å². The van der Waals surface area contributed by atoms with Crippen molar-refractivity contribution in [2.45, 2.75) is 19.1 Å². The summed E-state index contributed by atoms with van der Waals surface area (Å²) in [6.07, 6.45) is -4.88. The molecule has 5 nitrogen and oxygen atoms in total. The predicted molar refractivity (Wildman–Crippen MR) is 70.8 cm³/mol. The molecular formula is C12H12BrF2N3O2. The fourth-order valence-corrected chi connectivity index (χ4v) is 2.05. The zero-order chi connectivity index (χ0) is 14.7. The maximum absolute atomic E-state index is 12.6. The second-order valence-corrected chi connectivity index (χ2v) is 4.73. The van der Waals surface area contributed by atoms with Crippen LogP contribution in [0.25, 0.3) is 0 Å². The highest BCUT2D eigenvalue weighted by Crippen LogP contribution is 2.21. The molecule has 8 heteroatoms. The van der Waals surface area contributed by atoms with Crippen LogP contribution in [-0.4, -0.2) is 33.4 Å². The summed E-state index contributed by atoms with van der Waals surface area (Å²) in [5.74, 6) is 0.518. The minimum Gasteiger partial charge on any atom is -0.497 e. The molecular weight excluding hydrogens is 336 g/mol. The highest BCUT2D eigenvalue weighted by atomic mass is 79.9. The van der Waals surface area contributed by atoms with Crippen molar-refractivity contribution in [1.29, 1.82) is 0 Å². The molecule has 108 valence electrons. The molecule has 1 N–H and O–H groups in total.